The van der Waals surface area contributed by atoms with Crippen LogP contribution in [0.3, 0.4) is 0 Å². The zero-order valence-corrected chi connectivity index (χ0v) is 20.6. The number of esters is 1. The average Bonchev–Trinajstić information content (AvgIpc) is 2.84. The van der Waals surface area contributed by atoms with E-state index in [0.29, 0.717) is 22.6 Å². The lowest BCUT2D eigenvalue weighted by Crippen LogP contribution is -2.55. The van der Waals surface area contributed by atoms with Gasteiger partial charge in [0.1, 0.15) is 43.7 Å². The number of ether oxygens (including phenoxy) is 3. The van der Waals surface area contributed by atoms with Crippen molar-refractivity contribution in [2.75, 3.05) is 13.2 Å². The molecule has 1 fully saturated rings. The van der Waals surface area contributed by atoms with Crippen LogP contribution in [0.25, 0.3) is 0 Å². The largest absolute Gasteiger partial charge is 0.463 e. The predicted molar refractivity (Wildman–Crippen MR) is 131 cm³/mol. The second kappa shape index (κ2) is 12.5. The van der Waals surface area contributed by atoms with Gasteiger partial charge < -0.3 is 29.5 Å². The minimum Gasteiger partial charge on any atom is -0.463 e. The van der Waals surface area contributed by atoms with E-state index in [1.165, 1.54) is 12.5 Å². The fourth-order valence-electron chi connectivity index (χ4n) is 4.08. The molecule has 1 saturated heterocycles. The summed E-state index contributed by atoms with van der Waals surface area (Å²) in [4.78, 5) is 11.3. The van der Waals surface area contributed by atoms with E-state index in [2.05, 4.69) is 25.0 Å². The molecule has 1 heterocycles. The van der Waals surface area contributed by atoms with Gasteiger partial charge in [0.2, 0.25) is 0 Å². The van der Waals surface area contributed by atoms with Crippen LogP contribution < -0.4 is 0 Å². The molecule has 35 heavy (non-hydrogen) atoms. The second-order valence-corrected chi connectivity index (χ2v) is 8.96. The number of rotatable bonds is 9. The Labute approximate surface area is 210 Å². The van der Waals surface area contributed by atoms with Crippen LogP contribution in [0, 0.1) is 12.3 Å². The van der Waals surface area contributed by atoms with Gasteiger partial charge in [-0.25, -0.2) is 0 Å². The molecule has 5 atom stereocenters. The fourth-order valence-corrected chi connectivity index (χ4v) is 4.33. The highest BCUT2D eigenvalue weighted by Crippen LogP contribution is 2.37. The molecule has 0 aromatic heterocycles. The number of aliphatic hydroxyl groups is 3. The van der Waals surface area contributed by atoms with Gasteiger partial charge in [0, 0.05) is 11.9 Å². The maximum Gasteiger partial charge on any atom is 0.302 e. The van der Waals surface area contributed by atoms with E-state index in [0.717, 1.165) is 17.5 Å². The van der Waals surface area contributed by atoms with Gasteiger partial charge in [-0.15, -0.1) is 6.42 Å². The Balaban J connectivity index is 1.97. The van der Waals surface area contributed by atoms with E-state index in [1.807, 2.05) is 18.2 Å². The summed E-state index contributed by atoms with van der Waals surface area (Å²) in [5.41, 5.74) is 4.23. The molecule has 0 amide bonds. The van der Waals surface area contributed by atoms with Gasteiger partial charge in [-0.05, 0) is 46.7 Å². The van der Waals surface area contributed by atoms with Crippen molar-refractivity contribution < 1.29 is 34.3 Å². The van der Waals surface area contributed by atoms with Crippen molar-refractivity contribution in [3.63, 3.8) is 0 Å². The summed E-state index contributed by atoms with van der Waals surface area (Å²) in [7, 11) is 0. The van der Waals surface area contributed by atoms with Gasteiger partial charge in [0.15, 0.2) is 0 Å². The summed E-state index contributed by atoms with van der Waals surface area (Å²) >= 11 is 6.62. The number of hydrogen-bond donors (Lipinski definition) is 3. The van der Waals surface area contributed by atoms with Crippen LogP contribution in [0.1, 0.15) is 47.8 Å². The summed E-state index contributed by atoms with van der Waals surface area (Å²) in [6.45, 7) is 3.23. The van der Waals surface area contributed by atoms with Crippen LogP contribution in [-0.4, -0.2) is 58.9 Å². The first kappa shape index (κ1) is 27.2. The molecule has 188 valence electrons. The zero-order valence-electron chi connectivity index (χ0n) is 19.8. The number of carbonyl (C=O) groups is 1. The lowest BCUT2D eigenvalue weighted by molar-refractivity contribution is -0.234. The number of terminal acetylenes is 1. The van der Waals surface area contributed by atoms with E-state index < -0.39 is 36.5 Å². The number of aryl methyl sites for hydroxylation is 1. The molecule has 2 aromatic rings. The molecule has 0 aliphatic carbocycles. The number of aliphatic hydroxyl groups excluding tert-OH is 3. The number of carbonyl (C=O) groups excluding carboxylic acids is 1. The maximum atomic E-state index is 11.3. The van der Waals surface area contributed by atoms with Crippen molar-refractivity contribution >= 4 is 17.6 Å². The number of benzene rings is 2. The summed E-state index contributed by atoms with van der Waals surface area (Å²) in [5.74, 6) is 1.85. The minimum atomic E-state index is -1.52. The van der Waals surface area contributed by atoms with Gasteiger partial charge in [0.25, 0.3) is 0 Å². The highest BCUT2D eigenvalue weighted by atomic mass is 35.5. The van der Waals surface area contributed by atoms with E-state index in [1.54, 1.807) is 6.07 Å². The Kier molecular flexibility index (Phi) is 9.70. The molecule has 0 saturated carbocycles. The SMILES string of the molecule is C#CCOCc1cc(Cl)c(Cc2ccc(CC)cc2)cc1[C@@H]1O[C@H](COC(C)=O)[C@@H](O)[C@H](O)[C@H]1O. The first-order valence-electron chi connectivity index (χ1n) is 11.5. The van der Waals surface area contributed by atoms with E-state index in [9.17, 15) is 20.1 Å². The average molecular weight is 503 g/mol. The van der Waals surface area contributed by atoms with E-state index >= 15 is 0 Å². The number of halogens is 1. The fraction of sp³-hybridized carbons (Fsp3) is 0.444. The van der Waals surface area contributed by atoms with Crippen molar-refractivity contribution in [1.29, 1.82) is 0 Å². The second-order valence-electron chi connectivity index (χ2n) is 8.56. The summed E-state index contributed by atoms with van der Waals surface area (Å²) in [6, 6.07) is 11.8. The third-order valence-corrected chi connectivity index (χ3v) is 6.40. The lowest BCUT2D eigenvalue weighted by Gasteiger charge is -2.41. The van der Waals surface area contributed by atoms with Gasteiger partial charge in [-0.2, -0.15) is 0 Å². The molecule has 0 radical (unpaired) electrons. The third kappa shape index (κ3) is 6.83. The van der Waals surface area contributed by atoms with Crippen molar-refractivity contribution in [3.8, 4) is 12.3 Å². The van der Waals surface area contributed by atoms with Crippen LogP contribution >= 0.6 is 11.6 Å². The van der Waals surface area contributed by atoms with Crippen molar-refractivity contribution in [3.05, 3.63) is 69.2 Å². The van der Waals surface area contributed by atoms with Crippen LogP contribution in [0.5, 0.6) is 0 Å². The molecule has 3 N–H and O–H groups in total. The summed E-state index contributed by atoms with van der Waals surface area (Å²) < 4.78 is 16.5. The predicted octanol–water partition coefficient (Wildman–Crippen LogP) is 2.73. The van der Waals surface area contributed by atoms with E-state index in [-0.39, 0.29) is 19.8 Å². The zero-order chi connectivity index (χ0) is 25.5. The van der Waals surface area contributed by atoms with Gasteiger partial charge >= 0.3 is 5.97 Å². The van der Waals surface area contributed by atoms with Gasteiger partial charge in [-0.1, -0.05) is 54.8 Å². The Hall–Kier alpha value is -2.44. The van der Waals surface area contributed by atoms with E-state index in [4.69, 9.17) is 32.2 Å². The minimum absolute atomic E-state index is 0.0765. The Morgan fingerprint density at radius 3 is 2.40 bits per heavy atom. The standard InChI is InChI=1S/C27H31ClO7/c1-4-10-33-14-20-13-22(28)19(11-18-8-6-17(5-2)7-9-18)12-21(20)27-26(32)25(31)24(30)23(35-27)15-34-16(3)29/h1,6-9,12-13,23-27,30-32H,5,10-11,14-15H2,2-3H3/t23-,24-,25+,26-,27+/m1/s1. The quantitative estimate of drug-likeness (QED) is 0.275. The molecule has 0 spiro atoms. The molecular formula is C27H31ClO7. The Bertz CT molecular complexity index is 1050. The smallest absolute Gasteiger partial charge is 0.302 e. The third-order valence-electron chi connectivity index (χ3n) is 6.05. The summed E-state index contributed by atoms with van der Waals surface area (Å²) in [5, 5.41) is 32.2. The molecule has 7 nitrogen and oxygen atoms in total. The highest BCUT2D eigenvalue weighted by Gasteiger charge is 2.45. The summed E-state index contributed by atoms with van der Waals surface area (Å²) in [6.07, 6.45) is 0.303. The van der Waals surface area contributed by atoms with Crippen LogP contribution in [-0.2, 0) is 38.5 Å². The van der Waals surface area contributed by atoms with Gasteiger partial charge in [-0.3, -0.25) is 4.79 Å². The molecule has 1 aliphatic rings. The molecule has 2 aromatic carbocycles. The Morgan fingerprint density at radius 2 is 1.77 bits per heavy atom. The van der Waals surface area contributed by atoms with Crippen LogP contribution in [0.15, 0.2) is 36.4 Å². The molecule has 3 rings (SSSR count). The topological polar surface area (TPSA) is 105 Å². The first-order valence-corrected chi connectivity index (χ1v) is 11.9. The Morgan fingerprint density at radius 1 is 1.09 bits per heavy atom. The lowest BCUT2D eigenvalue weighted by atomic mass is 9.87. The molecule has 0 unspecified atom stereocenters. The highest BCUT2D eigenvalue weighted by molar-refractivity contribution is 6.31. The maximum absolute atomic E-state index is 11.3. The first-order chi connectivity index (χ1) is 16.7. The van der Waals surface area contributed by atoms with Gasteiger partial charge in [0.05, 0.1) is 6.61 Å². The molecular weight excluding hydrogens is 472 g/mol. The monoisotopic (exact) mass is 502 g/mol. The molecule has 0 bridgehead atoms. The van der Waals surface area contributed by atoms with Crippen LogP contribution in [0.4, 0.5) is 0 Å². The van der Waals surface area contributed by atoms with Crippen molar-refractivity contribution in [2.24, 2.45) is 0 Å². The van der Waals surface area contributed by atoms with Crippen LogP contribution in [0.2, 0.25) is 5.02 Å². The number of hydrogen-bond acceptors (Lipinski definition) is 7. The van der Waals surface area contributed by atoms with Crippen molar-refractivity contribution in [2.45, 2.75) is 63.8 Å². The van der Waals surface area contributed by atoms with Crippen molar-refractivity contribution in [1.82, 2.24) is 0 Å². The molecule has 1 aliphatic heterocycles. The normalized spacial score (nSPS) is 24.1. The molecule has 8 heteroatoms.